The quantitative estimate of drug-likeness (QED) is 0.564. The lowest BCUT2D eigenvalue weighted by Gasteiger charge is -2.32. The van der Waals surface area contributed by atoms with Crippen LogP contribution in [0.25, 0.3) is 0 Å². The summed E-state index contributed by atoms with van der Waals surface area (Å²) >= 11 is 0. The van der Waals surface area contributed by atoms with Crippen LogP contribution in [0.5, 0.6) is 0 Å². The fourth-order valence-electron chi connectivity index (χ4n) is 2.99. The smallest absolute Gasteiger partial charge is 0.355 e. The van der Waals surface area contributed by atoms with Crippen LogP contribution in [-0.4, -0.2) is 45.3 Å². The Morgan fingerprint density at radius 2 is 1.62 bits per heavy atom. The van der Waals surface area contributed by atoms with E-state index in [1.54, 1.807) is 24.3 Å². The van der Waals surface area contributed by atoms with Crippen LogP contribution in [-0.2, 0) is 23.8 Å². The second-order valence-electron chi connectivity index (χ2n) is 6.07. The molecule has 0 N–H and O–H groups in total. The topological polar surface area (TPSA) is 82.1 Å². The zero-order chi connectivity index (χ0) is 21.0. The third kappa shape index (κ3) is 4.02. The summed E-state index contributed by atoms with van der Waals surface area (Å²) in [5.74, 6) is -2.34. The van der Waals surface area contributed by atoms with Crippen LogP contribution in [0.4, 0.5) is 10.1 Å². The number of ketones is 1. The molecule has 8 heteroatoms. The number of carbonyl (C=O) groups is 3. The van der Waals surface area contributed by atoms with Gasteiger partial charge in [0.2, 0.25) is 0 Å². The summed E-state index contributed by atoms with van der Waals surface area (Å²) in [6.45, 7) is -0.222. The van der Waals surface area contributed by atoms with Gasteiger partial charge in [0.05, 0.1) is 32.1 Å². The minimum atomic E-state index is -0.766. The molecule has 0 aliphatic carbocycles. The molecule has 3 rings (SSSR count). The van der Waals surface area contributed by atoms with Crippen molar-refractivity contribution in [3.8, 4) is 0 Å². The number of ether oxygens (including phenoxy) is 3. The molecular formula is C21H18FNO6. The third-order valence-corrected chi connectivity index (χ3v) is 4.38. The highest BCUT2D eigenvalue weighted by Crippen LogP contribution is 2.30. The number of methoxy groups -OCH3 is 2. The SMILES string of the molecule is COC(=O)C1=C(C(=O)OC)N(c2ccccc2C(=O)c2ccc(F)cc2)COC1. The molecule has 2 aromatic rings. The molecule has 0 aromatic heterocycles. The van der Waals surface area contributed by atoms with Crippen LogP contribution in [0, 0.1) is 5.82 Å². The Bertz CT molecular complexity index is 983. The summed E-state index contributed by atoms with van der Waals surface area (Å²) in [6, 6.07) is 11.7. The van der Waals surface area contributed by atoms with Crippen LogP contribution in [0.15, 0.2) is 59.8 Å². The zero-order valence-electron chi connectivity index (χ0n) is 15.8. The number of rotatable bonds is 5. The molecule has 0 saturated heterocycles. The number of nitrogens with zero attached hydrogens (tertiary/aromatic N) is 1. The van der Waals surface area contributed by atoms with Gasteiger partial charge < -0.3 is 19.1 Å². The van der Waals surface area contributed by atoms with Gasteiger partial charge in [0.25, 0.3) is 0 Å². The Balaban J connectivity index is 2.12. The molecule has 0 spiro atoms. The highest BCUT2D eigenvalue weighted by molar-refractivity contribution is 6.13. The molecule has 0 atom stereocenters. The number of benzene rings is 2. The van der Waals surface area contributed by atoms with Gasteiger partial charge in [-0.3, -0.25) is 4.79 Å². The highest BCUT2D eigenvalue weighted by Gasteiger charge is 2.34. The fourth-order valence-corrected chi connectivity index (χ4v) is 2.99. The molecule has 0 saturated carbocycles. The van der Waals surface area contributed by atoms with Gasteiger partial charge in [0, 0.05) is 11.1 Å². The van der Waals surface area contributed by atoms with Crippen molar-refractivity contribution in [2.75, 3.05) is 32.5 Å². The van der Waals surface area contributed by atoms with Crippen LogP contribution in [0.3, 0.4) is 0 Å². The van der Waals surface area contributed by atoms with E-state index in [9.17, 15) is 18.8 Å². The summed E-state index contributed by atoms with van der Waals surface area (Å²) in [4.78, 5) is 39.0. The third-order valence-electron chi connectivity index (χ3n) is 4.38. The van der Waals surface area contributed by atoms with Gasteiger partial charge in [-0.05, 0) is 36.4 Å². The summed E-state index contributed by atoms with van der Waals surface area (Å²) in [7, 11) is 2.38. The second-order valence-corrected chi connectivity index (χ2v) is 6.07. The lowest BCUT2D eigenvalue weighted by atomic mass is 10.00. The summed E-state index contributed by atoms with van der Waals surface area (Å²) in [5.41, 5.74) is 0.770. The largest absolute Gasteiger partial charge is 0.466 e. The van der Waals surface area contributed by atoms with Crippen molar-refractivity contribution in [2.24, 2.45) is 0 Å². The van der Waals surface area contributed by atoms with Gasteiger partial charge in [-0.2, -0.15) is 0 Å². The predicted molar refractivity (Wildman–Crippen MR) is 101 cm³/mol. The maximum atomic E-state index is 13.2. The fraction of sp³-hybridized carbons (Fsp3) is 0.190. The molecule has 0 unspecified atom stereocenters. The van der Waals surface area contributed by atoms with Gasteiger partial charge >= 0.3 is 11.9 Å². The molecule has 0 fully saturated rings. The number of para-hydroxylation sites is 1. The van der Waals surface area contributed by atoms with Crippen molar-refractivity contribution in [3.63, 3.8) is 0 Å². The van der Waals surface area contributed by atoms with Crippen LogP contribution < -0.4 is 4.90 Å². The maximum absolute atomic E-state index is 13.2. The number of halogens is 1. The Morgan fingerprint density at radius 1 is 0.966 bits per heavy atom. The normalized spacial score (nSPS) is 13.8. The Morgan fingerprint density at radius 3 is 2.28 bits per heavy atom. The standard InChI is InChI=1S/C21H18FNO6/c1-27-20(25)16-11-29-12-23(18(16)21(26)28-2)17-6-4-3-5-15(17)19(24)13-7-9-14(22)10-8-13/h3-10H,11-12H2,1-2H3. The monoisotopic (exact) mass is 399 g/mol. The molecular weight excluding hydrogens is 381 g/mol. The van der Waals surface area contributed by atoms with E-state index in [0.717, 1.165) is 0 Å². The predicted octanol–water partition coefficient (Wildman–Crippen LogP) is 2.45. The van der Waals surface area contributed by atoms with Gasteiger partial charge in [0.1, 0.15) is 18.2 Å². The Hall–Kier alpha value is -3.52. The first-order valence-corrected chi connectivity index (χ1v) is 8.62. The average molecular weight is 399 g/mol. The van der Waals surface area contributed by atoms with Crippen LogP contribution >= 0.6 is 0 Å². The summed E-state index contributed by atoms with van der Waals surface area (Å²) in [5, 5.41) is 0. The minimum Gasteiger partial charge on any atom is -0.466 e. The second kappa shape index (κ2) is 8.66. The molecule has 7 nitrogen and oxygen atoms in total. The van der Waals surface area contributed by atoms with E-state index in [0.29, 0.717) is 5.69 Å². The van der Waals surface area contributed by atoms with Gasteiger partial charge in [0.15, 0.2) is 5.78 Å². The van der Waals surface area contributed by atoms with Crippen molar-refractivity contribution in [3.05, 3.63) is 76.7 Å². The lowest BCUT2D eigenvalue weighted by molar-refractivity contribution is -0.140. The van der Waals surface area contributed by atoms with Crippen molar-refractivity contribution in [2.45, 2.75) is 0 Å². The number of hydrogen-bond acceptors (Lipinski definition) is 7. The molecule has 29 heavy (non-hydrogen) atoms. The molecule has 1 heterocycles. The number of anilines is 1. The molecule has 1 aliphatic rings. The Labute approximate surface area is 166 Å². The zero-order valence-corrected chi connectivity index (χ0v) is 15.8. The van der Waals surface area contributed by atoms with Crippen molar-refractivity contribution in [1.82, 2.24) is 0 Å². The number of esters is 2. The van der Waals surface area contributed by atoms with Crippen molar-refractivity contribution in [1.29, 1.82) is 0 Å². The van der Waals surface area contributed by atoms with E-state index in [4.69, 9.17) is 14.2 Å². The molecule has 150 valence electrons. The van der Waals surface area contributed by atoms with E-state index >= 15 is 0 Å². The molecule has 1 aliphatic heterocycles. The molecule has 2 aromatic carbocycles. The van der Waals surface area contributed by atoms with Crippen molar-refractivity contribution < 1.29 is 33.0 Å². The minimum absolute atomic E-state index is 0.0189. The maximum Gasteiger partial charge on any atom is 0.355 e. The highest BCUT2D eigenvalue weighted by atomic mass is 19.1. The Kier molecular flexibility index (Phi) is 6.04. The van der Waals surface area contributed by atoms with Gasteiger partial charge in [-0.1, -0.05) is 12.1 Å². The first-order chi connectivity index (χ1) is 14.0. The van der Waals surface area contributed by atoms with E-state index in [1.807, 2.05) is 0 Å². The van der Waals surface area contributed by atoms with E-state index < -0.39 is 17.8 Å². The molecule has 0 radical (unpaired) electrons. The molecule has 0 amide bonds. The van der Waals surface area contributed by atoms with Crippen LogP contribution in [0.2, 0.25) is 0 Å². The molecule has 0 bridgehead atoms. The van der Waals surface area contributed by atoms with E-state index in [2.05, 4.69) is 0 Å². The summed E-state index contributed by atoms with van der Waals surface area (Å²) < 4.78 is 28.2. The lowest BCUT2D eigenvalue weighted by Crippen LogP contribution is -2.39. The van der Waals surface area contributed by atoms with E-state index in [1.165, 1.54) is 43.4 Å². The van der Waals surface area contributed by atoms with Gasteiger partial charge in [-0.15, -0.1) is 0 Å². The summed E-state index contributed by atoms with van der Waals surface area (Å²) in [6.07, 6.45) is 0. The first-order valence-electron chi connectivity index (χ1n) is 8.62. The van der Waals surface area contributed by atoms with Crippen molar-refractivity contribution >= 4 is 23.4 Å². The first kappa shape index (κ1) is 20.2. The van der Waals surface area contributed by atoms with Gasteiger partial charge in [-0.25, -0.2) is 14.0 Å². The number of carbonyl (C=O) groups excluding carboxylic acids is 3. The van der Waals surface area contributed by atoms with E-state index in [-0.39, 0.29) is 41.5 Å². The average Bonchev–Trinajstić information content (AvgIpc) is 2.77. The number of hydrogen-bond donors (Lipinski definition) is 0. The van der Waals surface area contributed by atoms with Crippen LogP contribution in [0.1, 0.15) is 15.9 Å².